The molecular weight excluding hydrogens is 334 g/mol. The smallest absolute Gasteiger partial charge is 0.292 e. The van der Waals surface area contributed by atoms with Gasteiger partial charge in [-0.15, -0.1) is 0 Å². The number of amides is 1. The quantitative estimate of drug-likeness (QED) is 0.588. The van der Waals surface area contributed by atoms with Crippen LogP contribution in [-0.2, 0) is 11.2 Å². The van der Waals surface area contributed by atoms with E-state index in [1.165, 1.54) is 6.07 Å². The number of hydrogen-bond acceptors (Lipinski definition) is 5. The number of nitrogens with zero attached hydrogens (tertiary/aromatic N) is 1. The van der Waals surface area contributed by atoms with Crippen LogP contribution >= 0.6 is 0 Å². The van der Waals surface area contributed by atoms with E-state index in [2.05, 4.69) is 10.6 Å². The van der Waals surface area contributed by atoms with Crippen LogP contribution in [0.25, 0.3) is 0 Å². The first-order valence-electron chi connectivity index (χ1n) is 8.58. The lowest BCUT2D eigenvalue weighted by molar-refractivity contribution is -0.384. The Morgan fingerprint density at radius 2 is 1.96 bits per heavy atom. The number of fused-ring (bicyclic) bond motifs is 1. The topological polar surface area (TPSA) is 93.5 Å². The fourth-order valence-corrected chi connectivity index (χ4v) is 2.96. The van der Waals surface area contributed by atoms with Crippen molar-refractivity contribution in [1.29, 1.82) is 0 Å². The number of carbonyl (C=O) groups excluding carboxylic acids is 1. The fourth-order valence-electron chi connectivity index (χ4n) is 2.96. The number of carbonyl (C=O) groups is 1. The Bertz CT molecular complexity index is 794. The number of nitro benzene ring substituents is 1. The molecule has 0 aliphatic carbocycles. The molecule has 1 aliphatic rings. The molecule has 1 aliphatic heterocycles. The normalized spacial score (nSPS) is 15.5. The zero-order chi connectivity index (χ0) is 18.4. The lowest BCUT2D eigenvalue weighted by atomic mass is 9.97. The monoisotopic (exact) mass is 355 g/mol. The molecule has 0 fully saturated rings. The molecule has 1 unspecified atom stereocenters. The van der Waals surface area contributed by atoms with Crippen molar-refractivity contribution in [3.8, 4) is 5.75 Å². The molecule has 1 atom stereocenters. The van der Waals surface area contributed by atoms with E-state index in [-0.39, 0.29) is 23.9 Å². The average molecular weight is 355 g/mol. The lowest BCUT2D eigenvalue weighted by Crippen LogP contribution is -2.35. The van der Waals surface area contributed by atoms with Crippen LogP contribution in [0.5, 0.6) is 5.75 Å². The summed E-state index contributed by atoms with van der Waals surface area (Å²) < 4.78 is 5.72. The molecule has 26 heavy (non-hydrogen) atoms. The fraction of sp³-hybridized carbons (Fsp3) is 0.316. The van der Waals surface area contributed by atoms with Gasteiger partial charge in [-0.3, -0.25) is 14.9 Å². The molecule has 7 heteroatoms. The molecule has 2 aromatic carbocycles. The van der Waals surface area contributed by atoms with E-state index in [4.69, 9.17) is 4.74 Å². The summed E-state index contributed by atoms with van der Waals surface area (Å²) in [5.41, 5.74) is 1.59. The van der Waals surface area contributed by atoms with Crippen LogP contribution < -0.4 is 15.4 Å². The number of benzene rings is 2. The van der Waals surface area contributed by atoms with Gasteiger partial charge in [-0.25, -0.2) is 0 Å². The van der Waals surface area contributed by atoms with Crippen LogP contribution in [0, 0.1) is 16.0 Å². The highest BCUT2D eigenvalue weighted by Gasteiger charge is 2.20. The van der Waals surface area contributed by atoms with Crippen molar-refractivity contribution in [3.63, 3.8) is 0 Å². The Morgan fingerprint density at radius 1 is 1.19 bits per heavy atom. The molecule has 7 nitrogen and oxygen atoms in total. The average Bonchev–Trinajstić information content (AvgIpc) is 2.66. The number of rotatable bonds is 7. The van der Waals surface area contributed by atoms with Crippen LogP contribution in [-0.4, -0.2) is 30.5 Å². The van der Waals surface area contributed by atoms with Crippen LogP contribution in [0.15, 0.2) is 48.5 Å². The SMILES string of the molecule is O=C(CCNc1ccccc1[N+](=O)[O-])NCC1COc2ccccc2C1. The van der Waals surface area contributed by atoms with Gasteiger partial charge in [0.1, 0.15) is 11.4 Å². The number of hydrogen-bond donors (Lipinski definition) is 2. The first-order valence-corrected chi connectivity index (χ1v) is 8.58. The standard InChI is InChI=1S/C19H21N3O4/c23-19(9-10-20-16-6-2-3-7-17(16)22(24)25)21-12-14-11-15-5-1-4-8-18(15)26-13-14/h1-8,14,20H,9-13H2,(H,21,23). The highest BCUT2D eigenvalue weighted by atomic mass is 16.6. The van der Waals surface area contributed by atoms with Gasteiger partial charge in [0.05, 0.1) is 11.5 Å². The molecule has 1 heterocycles. The zero-order valence-electron chi connectivity index (χ0n) is 14.3. The maximum absolute atomic E-state index is 12.0. The maximum atomic E-state index is 12.0. The molecular formula is C19H21N3O4. The first-order chi connectivity index (χ1) is 12.6. The molecule has 0 saturated carbocycles. The minimum atomic E-state index is -0.441. The third-order valence-electron chi connectivity index (χ3n) is 4.31. The molecule has 1 amide bonds. The van der Waals surface area contributed by atoms with Crippen molar-refractivity contribution in [3.05, 3.63) is 64.2 Å². The van der Waals surface area contributed by atoms with Crippen molar-refractivity contribution in [2.75, 3.05) is 25.0 Å². The van der Waals surface area contributed by atoms with Crippen molar-refractivity contribution >= 4 is 17.3 Å². The Balaban J connectivity index is 1.41. The van der Waals surface area contributed by atoms with E-state index in [0.717, 1.165) is 17.7 Å². The first kappa shape index (κ1) is 17.7. The molecule has 0 aromatic heterocycles. The number of ether oxygens (including phenoxy) is 1. The summed E-state index contributed by atoms with van der Waals surface area (Å²) in [4.78, 5) is 22.5. The maximum Gasteiger partial charge on any atom is 0.292 e. The molecule has 2 N–H and O–H groups in total. The van der Waals surface area contributed by atoms with Crippen molar-refractivity contribution < 1.29 is 14.5 Å². The van der Waals surface area contributed by atoms with Crippen LogP contribution in [0.1, 0.15) is 12.0 Å². The van der Waals surface area contributed by atoms with Crippen molar-refractivity contribution in [2.45, 2.75) is 12.8 Å². The van der Waals surface area contributed by atoms with E-state index >= 15 is 0 Å². The van der Waals surface area contributed by atoms with Gasteiger partial charge in [-0.1, -0.05) is 30.3 Å². The molecule has 0 saturated heterocycles. The van der Waals surface area contributed by atoms with Crippen molar-refractivity contribution in [2.24, 2.45) is 5.92 Å². The number of para-hydroxylation sites is 3. The zero-order valence-corrected chi connectivity index (χ0v) is 14.3. The van der Waals surface area contributed by atoms with Gasteiger partial charge in [0.15, 0.2) is 0 Å². The van der Waals surface area contributed by atoms with Gasteiger partial charge in [0.25, 0.3) is 5.69 Å². The van der Waals surface area contributed by atoms with E-state index in [1.807, 2.05) is 24.3 Å². The predicted octanol–water partition coefficient (Wildman–Crippen LogP) is 2.76. The van der Waals surface area contributed by atoms with Crippen LogP contribution in [0.4, 0.5) is 11.4 Å². The summed E-state index contributed by atoms with van der Waals surface area (Å²) in [6, 6.07) is 14.3. The minimum Gasteiger partial charge on any atom is -0.493 e. The second-order valence-corrected chi connectivity index (χ2v) is 6.24. The molecule has 136 valence electrons. The third-order valence-corrected chi connectivity index (χ3v) is 4.31. The third kappa shape index (κ3) is 4.50. The van der Waals surface area contributed by atoms with Crippen LogP contribution in [0.3, 0.4) is 0 Å². The van der Waals surface area contributed by atoms with E-state index < -0.39 is 4.92 Å². The Morgan fingerprint density at radius 3 is 2.81 bits per heavy atom. The van der Waals surface area contributed by atoms with Crippen molar-refractivity contribution in [1.82, 2.24) is 5.32 Å². The highest BCUT2D eigenvalue weighted by molar-refractivity contribution is 5.76. The van der Waals surface area contributed by atoms with Gasteiger partial charge >= 0.3 is 0 Å². The van der Waals surface area contributed by atoms with Gasteiger partial charge < -0.3 is 15.4 Å². The number of nitrogens with one attached hydrogen (secondary N) is 2. The molecule has 0 bridgehead atoms. The summed E-state index contributed by atoms with van der Waals surface area (Å²) in [7, 11) is 0. The Kier molecular flexibility index (Phi) is 5.68. The second-order valence-electron chi connectivity index (χ2n) is 6.24. The lowest BCUT2D eigenvalue weighted by Gasteiger charge is -2.25. The van der Waals surface area contributed by atoms with E-state index in [9.17, 15) is 14.9 Å². The summed E-state index contributed by atoms with van der Waals surface area (Å²) in [6.07, 6.45) is 1.13. The summed E-state index contributed by atoms with van der Waals surface area (Å²) >= 11 is 0. The van der Waals surface area contributed by atoms with Gasteiger partial charge in [0, 0.05) is 31.5 Å². The predicted molar refractivity (Wildman–Crippen MR) is 98.3 cm³/mol. The molecule has 0 spiro atoms. The van der Waals surface area contributed by atoms with Gasteiger partial charge in [-0.2, -0.15) is 0 Å². The molecule has 0 radical (unpaired) electrons. The Hall–Kier alpha value is -3.09. The van der Waals surface area contributed by atoms with Gasteiger partial charge in [-0.05, 0) is 24.1 Å². The largest absolute Gasteiger partial charge is 0.493 e. The minimum absolute atomic E-state index is 0.00549. The summed E-state index contributed by atoms with van der Waals surface area (Å²) in [5.74, 6) is 1.08. The Labute approximate surface area is 151 Å². The molecule has 3 rings (SSSR count). The summed E-state index contributed by atoms with van der Waals surface area (Å²) in [6.45, 7) is 1.48. The highest BCUT2D eigenvalue weighted by Crippen LogP contribution is 2.26. The van der Waals surface area contributed by atoms with Gasteiger partial charge in [0.2, 0.25) is 5.91 Å². The van der Waals surface area contributed by atoms with E-state index in [1.54, 1.807) is 18.2 Å². The number of anilines is 1. The molecule has 2 aromatic rings. The van der Waals surface area contributed by atoms with E-state index in [0.29, 0.717) is 25.4 Å². The summed E-state index contributed by atoms with van der Waals surface area (Å²) in [5, 5.41) is 16.8. The second kappa shape index (κ2) is 8.33. The number of nitro groups is 1. The van der Waals surface area contributed by atoms with Crippen LogP contribution in [0.2, 0.25) is 0 Å².